The Kier molecular flexibility index (Phi) is 3.89. The maximum atomic E-state index is 11.3. The lowest BCUT2D eigenvalue weighted by Gasteiger charge is -2.09. The molecule has 0 bridgehead atoms. The smallest absolute Gasteiger partial charge is 0.316 e. The summed E-state index contributed by atoms with van der Waals surface area (Å²) >= 11 is 1.30. The minimum absolute atomic E-state index is 0.191. The summed E-state index contributed by atoms with van der Waals surface area (Å²) in [5, 5.41) is 10.1. The van der Waals surface area contributed by atoms with Crippen molar-refractivity contribution in [1.29, 1.82) is 0 Å². The van der Waals surface area contributed by atoms with Gasteiger partial charge in [0.2, 0.25) is 0 Å². The van der Waals surface area contributed by atoms with Gasteiger partial charge in [0.25, 0.3) is 0 Å². The van der Waals surface area contributed by atoms with Crippen molar-refractivity contribution in [1.82, 2.24) is 14.6 Å². The number of hydrogen-bond donors (Lipinski definition) is 0. The van der Waals surface area contributed by atoms with Gasteiger partial charge in [-0.15, -0.1) is 10.2 Å². The monoisotopic (exact) mass is 317 g/mol. The van der Waals surface area contributed by atoms with Crippen molar-refractivity contribution in [2.45, 2.75) is 12.1 Å². The highest BCUT2D eigenvalue weighted by Gasteiger charge is 2.13. The van der Waals surface area contributed by atoms with E-state index in [0.29, 0.717) is 5.16 Å². The third-order valence-electron chi connectivity index (χ3n) is 3.42. The number of nitrogens with zero attached hydrogens (tertiary/aromatic N) is 3. The third kappa shape index (κ3) is 2.48. The number of fused-ring (bicyclic) bond motifs is 3. The predicted octanol–water partition coefficient (Wildman–Crippen LogP) is 2.46. The summed E-state index contributed by atoms with van der Waals surface area (Å²) in [4.78, 5) is 11.3. The Morgan fingerprint density at radius 2 is 2.09 bits per heavy atom. The summed E-state index contributed by atoms with van der Waals surface area (Å²) in [6.45, 7) is 2.03. The zero-order valence-electron chi connectivity index (χ0n) is 12.5. The quantitative estimate of drug-likeness (QED) is 0.544. The van der Waals surface area contributed by atoms with Crippen LogP contribution in [0.15, 0.2) is 29.4 Å². The molecule has 22 heavy (non-hydrogen) atoms. The summed E-state index contributed by atoms with van der Waals surface area (Å²) in [6.07, 6.45) is 0. The van der Waals surface area contributed by atoms with E-state index in [2.05, 4.69) is 14.9 Å². The van der Waals surface area contributed by atoms with Gasteiger partial charge in [0.15, 0.2) is 10.8 Å². The number of aryl methyl sites for hydroxylation is 1. The van der Waals surface area contributed by atoms with Crippen LogP contribution in [0.1, 0.15) is 5.56 Å². The van der Waals surface area contributed by atoms with E-state index < -0.39 is 0 Å². The molecule has 0 amide bonds. The van der Waals surface area contributed by atoms with Crippen LogP contribution in [-0.4, -0.2) is 40.5 Å². The fourth-order valence-electron chi connectivity index (χ4n) is 2.31. The Hall–Kier alpha value is -2.28. The van der Waals surface area contributed by atoms with Crippen molar-refractivity contribution < 1.29 is 14.3 Å². The van der Waals surface area contributed by atoms with Crippen LogP contribution in [0.2, 0.25) is 0 Å². The van der Waals surface area contributed by atoms with Gasteiger partial charge in [-0.2, -0.15) is 0 Å². The summed E-state index contributed by atoms with van der Waals surface area (Å²) in [5.41, 5.74) is 2.81. The Balaban J connectivity index is 2.18. The first-order valence-corrected chi connectivity index (χ1v) is 7.64. The molecule has 0 N–H and O–H groups in total. The average Bonchev–Trinajstić information content (AvgIpc) is 2.95. The molecule has 1 aromatic carbocycles. The zero-order chi connectivity index (χ0) is 15.7. The van der Waals surface area contributed by atoms with E-state index in [0.717, 1.165) is 27.9 Å². The number of hydrogen-bond acceptors (Lipinski definition) is 6. The molecular weight excluding hydrogens is 302 g/mol. The molecule has 0 atom stereocenters. The van der Waals surface area contributed by atoms with Crippen LogP contribution in [0.3, 0.4) is 0 Å². The topological polar surface area (TPSA) is 65.7 Å². The van der Waals surface area contributed by atoms with Crippen LogP contribution in [0, 0.1) is 6.92 Å². The first-order chi connectivity index (χ1) is 10.6. The summed E-state index contributed by atoms with van der Waals surface area (Å²) in [6, 6.07) is 7.86. The average molecular weight is 317 g/mol. The summed E-state index contributed by atoms with van der Waals surface area (Å²) < 4.78 is 11.9. The molecule has 2 heterocycles. The highest BCUT2D eigenvalue weighted by atomic mass is 32.2. The van der Waals surface area contributed by atoms with Crippen molar-refractivity contribution in [2.24, 2.45) is 0 Å². The van der Waals surface area contributed by atoms with Crippen LogP contribution in [0.25, 0.3) is 16.6 Å². The molecule has 0 aliphatic carbocycles. The molecular formula is C15H15N3O3S. The van der Waals surface area contributed by atoms with E-state index in [4.69, 9.17) is 4.74 Å². The summed E-state index contributed by atoms with van der Waals surface area (Å²) in [5.74, 6) is 0.657. The minimum atomic E-state index is -0.296. The van der Waals surface area contributed by atoms with Gasteiger partial charge in [0.1, 0.15) is 5.75 Å². The van der Waals surface area contributed by atoms with Gasteiger partial charge in [-0.25, -0.2) is 0 Å². The molecule has 0 fully saturated rings. The molecule has 0 saturated carbocycles. The number of esters is 1. The third-order valence-corrected chi connectivity index (χ3v) is 4.32. The Bertz CT molecular complexity index is 860. The van der Waals surface area contributed by atoms with Crippen LogP contribution in [0.5, 0.6) is 5.75 Å². The van der Waals surface area contributed by atoms with E-state index in [1.54, 1.807) is 7.11 Å². The number of aromatic nitrogens is 3. The standard InChI is InChI=1S/C15H15N3O3S/c1-9-6-13-16-17-15(22-8-14(19)21-3)18(13)12-7-10(20-2)4-5-11(9)12/h4-7H,8H2,1-3H3. The number of carbonyl (C=O) groups is 1. The largest absolute Gasteiger partial charge is 0.497 e. The lowest BCUT2D eigenvalue weighted by molar-refractivity contribution is -0.137. The fraction of sp³-hybridized carbons (Fsp3) is 0.267. The predicted molar refractivity (Wildman–Crippen MR) is 84.5 cm³/mol. The van der Waals surface area contributed by atoms with Crippen LogP contribution < -0.4 is 4.74 Å². The first kappa shape index (κ1) is 14.6. The molecule has 114 valence electrons. The molecule has 3 rings (SSSR count). The maximum absolute atomic E-state index is 11.3. The van der Waals surface area contributed by atoms with Gasteiger partial charge in [0, 0.05) is 11.5 Å². The van der Waals surface area contributed by atoms with Crippen LogP contribution in [0.4, 0.5) is 0 Å². The highest BCUT2D eigenvalue weighted by Crippen LogP contribution is 2.28. The maximum Gasteiger partial charge on any atom is 0.316 e. The molecule has 0 radical (unpaired) electrons. The van der Waals surface area contributed by atoms with E-state index in [1.165, 1.54) is 18.9 Å². The van der Waals surface area contributed by atoms with Gasteiger partial charge in [-0.3, -0.25) is 9.20 Å². The number of carbonyl (C=O) groups excluding carboxylic acids is 1. The molecule has 7 heteroatoms. The molecule has 2 aromatic heterocycles. The fourth-order valence-corrected chi connectivity index (χ4v) is 3.09. The second kappa shape index (κ2) is 5.84. The zero-order valence-corrected chi connectivity index (χ0v) is 13.3. The second-order valence-electron chi connectivity index (χ2n) is 4.75. The van der Waals surface area contributed by atoms with Gasteiger partial charge in [0.05, 0.1) is 25.5 Å². The molecule has 0 spiro atoms. The van der Waals surface area contributed by atoms with Crippen molar-refractivity contribution in [3.8, 4) is 5.75 Å². The second-order valence-corrected chi connectivity index (χ2v) is 5.69. The van der Waals surface area contributed by atoms with Gasteiger partial charge in [-0.05, 0) is 30.7 Å². The molecule has 0 unspecified atom stereocenters. The Labute approximate surface area is 131 Å². The summed E-state index contributed by atoms with van der Waals surface area (Å²) in [7, 11) is 3.00. The number of thioether (sulfide) groups is 1. The number of benzene rings is 1. The van der Waals surface area contributed by atoms with Gasteiger partial charge in [-0.1, -0.05) is 11.8 Å². The van der Waals surface area contributed by atoms with Gasteiger partial charge < -0.3 is 9.47 Å². The molecule has 0 aliphatic heterocycles. The normalized spacial score (nSPS) is 11.0. The Morgan fingerprint density at radius 3 is 2.82 bits per heavy atom. The lowest BCUT2D eigenvalue weighted by atomic mass is 10.1. The molecule has 6 nitrogen and oxygen atoms in total. The molecule has 3 aromatic rings. The SMILES string of the molecule is COC(=O)CSc1nnc2cc(C)c3ccc(OC)cc3n12. The van der Waals surface area contributed by atoms with Gasteiger partial charge >= 0.3 is 5.97 Å². The highest BCUT2D eigenvalue weighted by molar-refractivity contribution is 7.99. The van der Waals surface area contributed by atoms with E-state index in [-0.39, 0.29) is 11.7 Å². The number of ether oxygens (including phenoxy) is 2. The number of methoxy groups -OCH3 is 2. The van der Waals surface area contributed by atoms with Crippen LogP contribution >= 0.6 is 11.8 Å². The first-order valence-electron chi connectivity index (χ1n) is 6.66. The lowest BCUT2D eigenvalue weighted by Crippen LogP contribution is -2.04. The molecule has 0 aliphatic rings. The Morgan fingerprint density at radius 1 is 1.27 bits per heavy atom. The number of pyridine rings is 1. The van der Waals surface area contributed by atoms with Crippen molar-refractivity contribution in [3.05, 3.63) is 29.8 Å². The van der Waals surface area contributed by atoms with E-state index >= 15 is 0 Å². The minimum Gasteiger partial charge on any atom is -0.497 e. The van der Waals surface area contributed by atoms with Crippen molar-refractivity contribution in [3.63, 3.8) is 0 Å². The van der Waals surface area contributed by atoms with E-state index in [1.807, 2.05) is 35.6 Å². The molecule has 0 saturated heterocycles. The van der Waals surface area contributed by atoms with Crippen LogP contribution in [-0.2, 0) is 9.53 Å². The number of rotatable bonds is 4. The van der Waals surface area contributed by atoms with Crippen molar-refractivity contribution in [2.75, 3.05) is 20.0 Å². The van der Waals surface area contributed by atoms with E-state index in [9.17, 15) is 4.79 Å². The van der Waals surface area contributed by atoms with Crippen molar-refractivity contribution >= 4 is 34.3 Å².